The summed E-state index contributed by atoms with van der Waals surface area (Å²) in [4.78, 5) is 28.4. The highest BCUT2D eigenvalue weighted by Gasteiger charge is 2.33. The van der Waals surface area contributed by atoms with Crippen molar-refractivity contribution in [2.24, 2.45) is 0 Å². The first-order valence-electron chi connectivity index (χ1n) is 13.8. The largest absolute Gasteiger partial charge is 0.486 e. The lowest BCUT2D eigenvalue weighted by Gasteiger charge is -2.34. The SMILES string of the molecule is Cc1cc(Nc2ncnc(-c3ccc(OC4CCN(C(=O)CO)CC4F)c(C#N)c3)n2)ccc1C1CCN(C)CC1. The molecule has 2 unspecified atom stereocenters. The second kappa shape index (κ2) is 12.6. The number of rotatable bonds is 7. The number of likely N-dealkylation sites (tertiary alicyclic amines) is 2. The Morgan fingerprint density at radius 2 is 1.98 bits per heavy atom. The number of halogens is 1. The molecule has 0 aliphatic carbocycles. The van der Waals surface area contributed by atoms with Gasteiger partial charge in [-0.2, -0.15) is 10.2 Å². The molecule has 2 aromatic carbocycles. The predicted molar refractivity (Wildman–Crippen MR) is 152 cm³/mol. The topological polar surface area (TPSA) is 128 Å². The Labute approximate surface area is 238 Å². The number of carbonyl (C=O) groups is 1. The Morgan fingerprint density at radius 3 is 2.68 bits per heavy atom. The third-order valence-corrected chi connectivity index (χ3v) is 7.86. The molecule has 2 aliphatic heterocycles. The van der Waals surface area contributed by atoms with Gasteiger partial charge in [-0.3, -0.25) is 4.79 Å². The van der Waals surface area contributed by atoms with Gasteiger partial charge < -0.3 is 25.0 Å². The molecule has 1 amide bonds. The Hall–Kier alpha value is -4.14. The summed E-state index contributed by atoms with van der Waals surface area (Å²) in [6.07, 6.45) is 1.74. The van der Waals surface area contributed by atoms with Crippen LogP contribution in [-0.2, 0) is 4.79 Å². The van der Waals surface area contributed by atoms with E-state index in [0.29, 0.717) is 23.3 Å². The van der Waals surface area contributed by atoms with E-state index in [4.69, 9.17) is 9.84 Å². The fourth-order valence-electron chi connectivity index (χ4n) is 5.52. The van der Waals surface area contributed by atoms with Crippen molar-refractivity contribution >= 4 is 17.5 Å². The Bertz CT molecular complexity index is 1440. The van der Waals surface area contributed by atoms with Crippen LogP contribution in [0.25, 0.3) is 11.4 Å². The molecule has 2 fully saturated rings. The van der Waals surface area contributed by atoms with E-state index in [1.54, 1.807) is 18.2 Å². The number of hydrogen-bond acceptors (Lipinski definition) is 9. The number of aryl methyl sites for hydroxylation is 1. The number of nitrogens with zero attached hydrogens (tertiary/aromatic N) is 6. The summed E-state index contributed by atoms with van der Waals surface area (Å²) >= 11 is 0. The highest BCUT2D eigenvalue weighted by Crippen LogP contribution is 2.32. The number of hydrogen-bond donors (Lipinski definition) is 2. The summed E-state index contributed by atoms with van der Waals surface area (Å²) in [7, 11) is 2.17. The number of benzene rings is 2. The number of alkyl halides is 1. The van der Waals surface area contributed by atoms with Crippen LogP contribution in [0.4, 0.5) is 16.0 Å². The van der Waals surface area contributed by atoms with Crippen molar-refractivity contribution in [1.29, 1.82) is 5.26 Å². The van der Waals surface area contributed by atoms with Crippen molar-refractivity contribution < 1.29 is 19.0 Å². The minimum Gasteiger partial charge on any atom is -0.486 e. The van der Waals surface area contributed by atoms with Gasteiger partial charge in [0.25, 0.3) is 0 Å². The zero-order chi connectivity index (χ0) is 28.9. The van der Waals surface area contributed by atoms with Gasteiger partial charge in [0.15, 0.2) is 12.0 Å². The quantitative estimate of drug-likeness (QED) is 0.446. The average Bonchev–Trinajstić information content (AvgIpc) is 2.98. The van der Waals surface area contributed by atoms with Gasteiger partial charge in [0.05, 0.1) is 12.1 Å². The van der Waals surface area contributed by atoms with Crippen molar-refractivity contribution in [1.82, 2.24) is 24.8 Å². The molecule has 0 saturated carbocycles. The molecule has 3 heterocycles. The third-order valence-electron chi connectivity index (χ3n) is 7.86. The van der Waals surface area contributed by atoms with Gasteiger partial charge in [-0.1, -0.05) is 6.07 Å². The first-order chi connectivity index (χ1) is 19.8. The van der Waals surface area contributed by atoms with Crippen LogP contribution in [-0.4, -0.2) is 87.9 Å². The van der Waals surface area contributed by atoms with E-state index in [2.05, 4.69) is 57.3 Å². The normalized spacial score (nSPS) is 19.9. The highest BCUT2D eigenvalue weighted by atomic mass is 19.1. The monoisotopic (exact) mass is 559 g/mol. The summed E-state index contributed by atoms with van der Waals surface area (Å²) < 4.78 is 20.6. The number of nitrogens with one attached hydrogen (secondary N) is 1. The number of anilines is 2. The smallest absolute Gasteiger partial charge is 0.248 e. The van der Waals surface area contributed by atoms with Gasteiger partial charge >= 0.3 is 0 Å². The van der Waals surface area contributed by atoms with E-state index in [1.165, 1.54) is 22.4 Å². The third kappa shape index (κ3) is 6.61. The van der Waals surface area contributed by atoms with Crippen molar-refractivity contribution in [3.63, 3.8) is 0 Å². The molecule has 1 aromatic heterocycles. The lowest BCUT2D eigenvalue weighted by atomic mass is 9.87. The summed E-state index contributed by atoms with van der Waals surface area (Å²) in [5.41, 5.74) is 4.31. The number of amides is 1. The van der Waals surface area contributed by atoms with Crippen LogP contribution in [0.1, 0.15) is 41.9 Å². The molecule has 2 N–H and O–H groups in total. The molecule has 2 atom stereocenters. The zero-order valence-electron chi connectivity index (χ0n) is 23.3. The fourth-order valence-corrected chi connectivity index (χ4v) is 5.52. The van der Waals surface area contributed by atoms with E-state index >= 15 is 0 Å². The van der Waals surface area contributed by atoms with E-state index in [-0.39, 0.29) is 30.8 Å². The minimum absolute atomic E-state index is 0.162. The van der Waals surface area contributed by atoms with E-state index in [0.717, 1.165) is 31.6 Å². The maximum absolute atomic E-state index is 14.7. The molecule has 3 aromatic rings. The van der Waals surface area contributed by atoms with Crippen LogP contribution in [0.2, 0.25) is 0 Å². The maximum Gasteiger partial charge on any atom is 0.248 e. The van der Waals surface area contributed by atoms with Crippen LogP contribution < -0.4 is 10.1 Å². The Morgan fingerprint density at radius 1 is 1.17 bits per heavy atom. The zero-order valence-corrected chi connectivity index (χ0v) is 23.3. The van der Waals surface area contributed by atoms with Gasteiger partial charge in [-0.25, -0.2) is 14.4 Å². The van der Waals surface area contributed by atoms with Crippen LogP contribution in [0, 0.1) is 18.3 Å². The Balaban J connectivity index is 1.27. The molecule has 10 nitrogen and oxygen atoms in total. The Kier molecular flexibility index (Phi) is 8.71. The number of carbonyl (C=O) groups excluding carboxylic acids is 1. The van der Waals surface area contributed by atoms with Crippen LogP contribution in [0.15, 0.2) is 42.7 Å². The highest BCUT2D eigenvalue weighted by molar-refractivity contribution is 5.77. The summed E-state index contributed by atoms with van der Waals surface area (Å²) in [5.74, 6) is 1.07. The second-order valence-corrected chi connectivity index (χ2v) is 10.7. The molecule has 2 saturated heterocycles. The average molecular weight is 560 g/mol. The van der Waals surface area contributed by atoms with Gasteiger partial charge in [-0.15, -0.1) is 0 Å². The van der Waals surface area contributed by atoms with Gasteiger partial charge in [-0.05, 0) is 87.3 Å². The summed E-state index contributed by atoms with van der Waals surface area (Å²) in [5, 5.41) is 22.1. The number of piperidine rings is 2. The van der Waals surface area contributed by atoms with E-state index in [9.17, 15) is 14.4 Å². The van der Waals surface area contributed by atoms with E-state index in [1.807, 2.05) is 6.07 Å². The van der Waals surface area contributed by atoms with Crippen LogP contribution in [0.5, 0.6) is 5.75 Å². The molecule has 41 heavy (non-hydrogen) atoms. The number of aromatic nitrogens is 3. The number of aliphatic hydroxyl groups is 1. The van der Waals surface area contributed by atoms with Gasteiger partial charge in [0.1, 0.15) is 30.9 Å². The van der Waals surface area contributed by atoms with Crippen molar-refractivity contribution in [3.8, 4) is 23.2 Å². The van der Waals surface area contributed by atoms with Gasteiger partial charge in [0, 0.05) is 24.2 Å². The maximum atomic E-state index is 14.7. The van der Waals surface area contributed by atoms with Gasteiger partial charge in [0.2, 0.25) is 11.9 Å². The van der Waals surface area contributed by atoms with Crippen LogP contribution in [0.3, 0.4) is 0 Å². The molecule has 0 radical (unpaired) electrons. The lowest BCUT2D eigenvalue weighted by Crippen LogP contribution is -2.50. The van der Waals surface area contributed by atoms with Crippen molar-refractivity contribution in [2.75, 3.05) is 45.2 Å². The molecule has 2 aliphatic rings. The molecule has 5 rings (SSSR count). The van der Waals surface area contributed by atoms with Crippen molar-refractivity contribution in [2.45, 2.75) is 44.4 Å². The minimum atomic E-state index is -1.44. The first-order valence-corrected chi connectivity index (χ1v) is 13.8. The first kappa shape index (κ1) is 28.4. The fraction of sp³-hybridized carbons (Fsp3) is 0.433. The summed E-state index contributed by atoms with van der Waals surface area (Å²) in [6.45, 7) is 3.81. The standard InChI is InChI=1S/C30H34FN7O3/c1-19-13-23(4-5-24(19)20-7-10-37(2)11-8-20)35-30-34-18-33-29(36-30)21-3-6-26(22(14-21)15-32)41-27-9-12-38(16-25(27)31)28(40)17-39/h3-6,13-14,18,20,25,27,39H,7-12,16-17H2,1-2H3,(H,33,34,35,36). The molecule has 214 valence electrons. The molecule has 0 bridgehead atoms. The number of ether oxygens (including phenoxy) is 1. The molecular weight excluding hydrogens is 525 g/mol. The predicted octanol–water partition coefficient (Wildman–Crippen LogP) is 3.58. The molecular formula is C30H34FN7O3. The second-order valence-electron chi connectivity index (χ2n) is 10.7. The lowest BCUT2D eigenvalue weighted by molar-refractivity contribution is -0.138. The van der Waals surface area contributed by atoms with Crippen LogP contribution >= 0.6 is 0 Å². The number of aliphatic hydroxyl groups excluding tert-OH is 1. The number of nitriles is 1. The molecule has 0 spiro atoms. The van der Waals surface area contributed by atoms with E-state index < -0.39 is 24.8 Å². The van der Waals surface area contributed by atoms with Crippen molar-refractivity contribution in [3.05, 3.63) is 59.4 Å². The molecule has 11 heteroatoms. The summed E-state index contributed by atoms with van der Waals surface area (Å²) in [6, 6.07) is 13.4.